The lowest BCUT2D eigenvalue weighted by molar-refractivity contribution is -0.140. The normalized spacial score (nSPS) is 35.4. The monoisotopic (exact) mass is 411 g/mol. The third-order valence-corrected chi connectivity index (χ3v) is 8.08. The zero-order valence-electron chi connectivity index (χ0n) is 17.5. The number of hydrogen-bond donors (Lipinski definition) is 3. The van der Waals surface area contributed by atoms with Gasteiger partial charge in [-0.2, -0.15) is 0 Å². The second-order valence-electron chi connectivity index (χ2n) is 10.1. The topological polar surface area (TPSA) is 95.7 Å². The van der Waals surface area contributed by atoms with Crippen LogP contribution in [-0.4, -0.2) is 46.5 Å². The van der Waals surface area contributed by atoms with Crippen LogP contribution in [0.5, 0.6) is 5.75 Å². The van der Waals surface area contributed by atoms with Crippen molar-refractivity contribution >= 4 is 11.8 Å². The number of phenolic OH excluding ortho intramolecular Hbond substituents is 1. The third kappa shape index (κ3) is 3.70. The maximum absolute atomic E-state index is 13.2. The molecule has 30 heavy (non-hydrogen) atoms. The second-order valence-corrected chi connectivity index (χ2v) is 10.1. The largest absolute Gasteiger partial charge is 0.508 e. The van der Waals surface area contributed by atoms with Crippen molar-refractivity contribution in [1.82, 2.24) is 10.2 Å². The van der Waals surface area contributed by atoms with Crippen LogP contribution in [0.2, 0.25) is 0 Å². The minimum Gasteiger partial charge on any atom is -0.508 e. The van der Waals surface area contributed by atoms with E-state index in [4.69, 9.17) is 5.73 Å². The molecular weight excluding hydrogens is 378 g/mol. The third-order valence-electron chi connectivity index (χ3n) is 8.08. The number of benzene rings is 1. The Bertz CT molecular complexity index is 780. The number of phenols is 1. The smallest absolute Gasteiger partial charge is 0.243 e. The Morgan fingerprint density at radius 1 is 1.07 bits per heavy atom. The number of rotatable bonds is 5. The molecule has 0 aromatic heterocycles. The van der Waals surface area contributed by atoms with E-state index in [2.05, 4.69) is 5.32 Å². The van der Waals surface area contributed by atoms with Gasteiger partial charge in [-0.25, -0.2) is 0 Å². The summed E-state index contributed by atoms with van der Waals surface area (Å²) >= 11 is 0. The summed E-state index contributed by atoms with van der Waals surface area (Å²) in [5.74, 6) is 3.09. The van der Waals surface area contributed by atoms with E-state index in [1.807, 2.05) is 0 Å². The van der Waals surface area contributed by atoms with Crippen LogP contribution >= 0.6 is 0 Å². The summed E-state index contributed by atoms with van der Waals surface area (Å²) in [4.78, 5) is 27.9. The highest BCUT2D eigenvalue weighted by Crippen LogP contribution is 2.53. The Labute approximate surface area is 178 Å². The number of amides is 2. The predicted molar refractivity (Wildman–Crippen MR) is 113 cm³/mol. The summed E-state index contributed by atoms with van der Waals surface area (Å²) in [6.45, 7) is 0.599. The van der Waals surface area contributed by atoms with Crippen LogP contribution in [0.15, 0.2) is 24.3 Å². The molecule has 2 atom stereocenters. The lowest BCUT2D eigenvalue weighted by Gasteiger charge is -2.54. The summed E-state index contributed by atoms with van der Waals surface area (Å²) in [5.41, 5.74) is 7.13. The van der Waals surface area contributed by atoms with Crippen LogP contribution in [-0.2, 0) is 16.0 Å². The molecule has 5 fully saturated rings. The van der Waals surface area contributed by atoms with Crippen molar-refractivity contribution in [3.05, 3.63) is 29.8 Å². The fourth-order valence-electron chi connectivity index (χ4n) is 6.91. The Morgan fingerprint density at radius 2 is 1.70 bits per heavy atom. The molecule has 2 amide bonds. The number of nitrogens with one attached hydrogen (secondary N) is 1. The Kier molecular flexibility index (Phi) is 5.21. The number of likely N-dealkylation sites (tertiary alicyclic amines) is 1. The second kappa shape index (κ2) is 7.88. The van der Waals surface area contributed by atoms with Gasteiger partial charge in [-0.05, 0) is 92.7 Å². The van der Waals surface area contributed by atoms with Gasteiger partial charge >= 0.3 is 0 Å². The number of hydrogen-bond acceptors (Lipinski definition) is 4. The van der Waals surface area contributed by atoms with Gasteiger partial charge in [-0.15, -0.1) is 0 Å². The summed E-state index contributed by atoms with van der Waals surface area (Å²) in [5, 5.41) is 12.8. The van der Waals surface area contributed by atoms with Crippen LogP contribution < -0.4 is 11.1 Å². The van der Waals surface area contributed by atoms with Crippen molar-refractivity contribution in [1.29, 1.82) is 0 Å². The molecule has 1 heterocycles. The van der Waals surface area contributed by atoms with Crippen LogP contribution in [0.1, 0.15) is 50.5 Å². The molecule has 6 heteroatoms. The molecular formula is C24H33N3O3. The molecule has 1 aromatic rings. The number of carbonyl (C=O) groups excluding carboxylic acids is 2. The van der Waals surface area contributed by atoms with Crippen molar-refractivity contribution in [3.8, 4) is 5.75 Å². The molecule has 162 valence electrons. The molecule has 1 aromatic carbocycles. The summed E-state index contributed by atoms with van der Waals surface area (Å²) in [6, 6.07) is 6.00. The highest BCUT2D eigenvalue weighted by atomic mass is 16.3. The van der Waals surface area contributed by atoms with E-state index in [0.717, 1.165) is 30.2 Å². The van der Waals surface area contributed by atoms with Gasteiger partial charge in [0.2, 0.25) is 11.8 Å². The number of nitrogens with two attached hydrogens (primary N) is 1. The van der Waals surface area contributed by atoms with E-state index in [1.54, 1.807) is 29.2 Å². The summed E-state index contributed by atoms with van der Waals surface area (Å²) in [7, 11) is 0. The molecule has 6 rings (SSSR count). The van der Waals surface area contributed by atoms with Gasteiger partial charge in [-0.1, -0.05) is 12.1 Å². The van der Waals surface area contributed by atoms with E-state index in [9.17, 15) is 14.7 Å². The molecule has 4 N–H and O–H groups in total. The quantitative estimate of drug-likeness (QED) is 0.692. The zero-order valence-corrected chi connectivity index (χ0v) is 17.5. The van der Waals surface area contributed by atoms with Gasteiger partial charge in [0.1, 0.15) is 11.8 Å². The number of carbonyl (C=O) groups is 2. The van der Waals surface area contributed by atoms with Crippen LogP contribution in [0.3, 0.4) is 0 Å². The predicted octanol–water partition coefficient (Wildman–Crippen LogP) is 2.19. The van der Waals surface area contributed by atoms with Crippen molar-refractivity contribution in [2.45, 2.75) is 69.5 Å². The van der Waals surface area contributed by atoms with Crippen LogP contribution in [0, 0.1) is 23.7 Å². The van der Waals surface area contributed by atoms with Gasteiger partial charge in [0, 0.05) is 12.6 Å². The lowest BCUT2D eigenvalue weighted by Crippen LogP contribution is -2.59. The molecule has 1 aliphatic heterocycles. The first-order chi connectivity index (χ1) is 14.5. The minimum absolute atomic E-state index is 0.0233. The first-order valence-electron chi connectivity index (χ1n) is 11.6. The maximum Gasteiger partial charge on any atom is 0.243 e. The van der Waals surface area contributed by atoms with Crippen LogP contribution in [0.4, 0.5) is 0 Å². The number of aromatic hydroxyl groups is 1. The van der Waals surface area contributed by atoms with Gasteiger partial charge in [-0.3, -0.25) is 9.59 Å². The Balaban J connectivity index is 1.21. The van der Waals surface area contributed by atoms with Crippen molar-refractivity contribution in [3.63, 3.8) is 0 Å². The summed E-state index contributed by atoms with van der Waals surface area (Å²) in [6.07, 6.45) is 8.43. The minimum atomic E-state index is -0.677. The average molecular weight is 412 g/mol. The van der Waals surface area contributed by atoms with Gasteiger partial charge < -0.3 is 21.1 Å². The van der Waals surface area contributed by atoms with Gasteiger partial charge in [0.25, 0.3) is 0 Å². The average Bonchev–Trinajstić information content (AvgIpc) is 3.21. The van der Waals surface area contributed by atoms with Crippen LogP contribution in [0.25, 0.3) is 0 Å². The lowest BCUT2D eigenvalue weighted by atomic mass is 9.54. The highest BCUT2D eigenvalue weighted by molar-refractivity contribution is 5.90. The number of nitrogens with zero attached hydrogens (tertiary/aromatic N) is 1. The first-order valence-corrected chi connectivity index (χ1v) is 11.6. The van der Waals surface area contributed by atoms with E-state index in [1.165, 1.54) is 32.1 Å². The molecule has 1 unspecified atom stereocenters. The molecule has 0 spiro atoms. The maximum atomic E-state index is 13.2. The molecule has 4 saturated carbocycles. The first kappa shape index (κ1) is 19.9. The molecule has 4 bridgehead atoms. The van der Waals surface area contributed by atoms with Crippen molar-refractivity contribution < 1.29 is 14.7 Å². The van der Waals surface area contributed by atoms with E-state index in [0.29, 0.717) is 30.8 Å². The molecule has 6 nitrogen and oxygen atoms in total. The molecule has 4 aliphatic carbocycles. The van der Waals surface area contributed by atoms with Crippen molar-refractivity contribution in [2.75, 3.05) is 6.54 Å². The highest BCUT2D eigenvalue weighted by Gasteiger charge is 2.49. The zero-order chi connectivity index (χ0) is 20.8. The fourth-order valence-corrected chi connectivity index (χ4v) is 6.91. The molecule has 1 saturated heterocycles. The molecule has 0 radical (unpaired) electrons. The summed E-state index contributed by atoms with van der Waals surface area (Å²) < 4.78 is 0. The SMILES string of the molecule is NC(Cc1ccc(O)cc1)C(=O)N1CCC[C@@H]1C(=O)NC1C2CC3CC(C2)CC1C3. The molecule has 5 aliphatic rings. The van der Waals surface area contributed by atoms with E-state index >= 15 is 0 Å². The van der Waals surface area contributed by atoms with E-state index < -0.39 is 6.04 Å². The standard InChI is InChI=1S/C24H33N3O3/c25-20(13-14-3-5-19(28)6-4-14)24(30)27-7-1-2-21(27)23(29)26-22-17-9-15-8-16(11-17)12-18(22)10-15/h3-6,15-18,20-22,28H,1-2,7-13,25H2,(H,26,29)/t15?,16?,17?,18?,20?,21-,22?/m1/s1. The fraction of sp³-hybridized carbons (Fsp3) is 0.667. The Morgan fingerprint density at radius 3 is 2.33 bits per heavy atom. The van der Waals surface area contributed by atoms with E-state index in [-0.39, 0.29) is 23.6 Å². The Hall–Kier alpha value is -2.08. The van der Waals surface area contributed by atoms with Gasteiger partial charge in [0.05, 0.1) is 6.04 Å². The van der Waals surface area contributed by atoms with Gasteiger partial charge in [0.15, 0.2) is 0 Å². The van der Waals surface area contributed by atoms with Crippen molar-refractivity contribution in [2.24, 2.45) is 29.4 Å².